The molecule has 1 fully saturated rings. The minimum Gasteiger partial charge on any atom is -0.383 e. The van der Waals surface area contributed by atoms with Crippen molar-refractivity contribution in [3.8, 4) is 6.07 Å². The summed E-state index contributed by atoms with van der Waals surface area (Å²) >= 11 is 0. The van der Waals surface area contributed by atoms with Gasteiger partial charge >= 0.3 is 0 Å². The summed E-state index contributed by atoms with van der Waals surface area (Å²) in [4.78, 5) is 13.3. The molecule has 0 bridgehead atoms. The predicted molar refractivity (Wildman–Crippen MR) is 105 cm³/mol. The van der Waals surface area contributed by atoms with Crippen molar-refractivity contribution in [3.05, 3.63) is 58.3 Å². The molecule has 2 N–H and O–H groups in total. The van der Waals surface area contributed by atoms with Crippen LogP contribution in [0.25, 0.3) is 0 Å². The quantitative estimate of drug-likeness (QED) is 0.828. The Morgan fingerprint density at radius 3 is 2.59 bits per heavy atom. The summed E-state index contributed by atoms with van der Waals surface area (Å²) in [6, 6.07) is 8.48. The van der Waals surface area contributed by atoms with Crippen LogP contribution in [0.1, 0.15) is 38.2 Å². The summed E-state index contributed by atoms with van der Waals surface area (Å²) in [7, 11) is 0. The third kappa shape index (κ3) is 3.33. The molecule has 29 heavy (non-hydrogen) atoms. The van der Waals surface area contributed by atoms with Crippen molar-refractivity contribution >= 4 is 5.78 Å². The molecule has 1 aromatic carbocycles. The standard InChI is InChI=1S/C22H25FN4O2/c1-22(2)11-17-20(18(28)12-22)19(14-5-3-4-6-16(14)23)15(13-24)21(25)27(17)26-7-9-29-10-8-26/h3-6,19H,7-12,25H2,1-2H3. The highest BCUT2D eigenvalue weighted by Crippen LogP contribution is 2.49. The number of benzene rings is 1. The minimum absolute atomic E-state index is 0.0528. The normalized spacial score (nSPS) is 25.1. The molecule has 152 valence electrons. The van der Waals surface area contributed by atoms with E-state index < -0.39 is 11.7 Å². The number of nitrogens with two attached hydrogens (primary N) is 1. The second-order valence-electron chi connectivity index (χ2n) is 8.54. The summed E-state index contributed by atoms with van der Waals surface area (Å²) in [6.07, 6.45) is 0.974. The van der Waals surface area contributed by atoms with Gasteiger partial charge in [-0.1, -0.05) is 32.0 Å². The maximum Gasteiger partial charge on any atom is 0.162 e. The van der Waals surface area contributed by atoms with Gasteiger partial charge in [-0.3, -0.25) is 9.80 Å². The first-order chi connectivity index (χ1) is 13.8. The molecule has 0 amide bonds. The van der Waals surface area contributed by atoms with Crippen molar-refractivity contribution in [3.63, 3.8) is 0 Å². The van der Waals surface area contributed by atoms with Crippen LogP contribution >= 0.6 is 0 Å². The van der Waals surface area contributed by atoms with Crippen LogP contribution in [0.2, 0.25) is 0 Å². The SMILES string of the molecule is CC1(C)CC(=O)C2=C(C1)N(N1CCOCC1)C(N)=C(C#N)C2c1ccccc1F. The number of ketones is 1. The number of carbonyl (C=O) groups excluding carboxylic acids is 1. The first kappa shape index (κ1) is 19.6. The van der Waals surface area contributed by atoms with Crippen LogP contribution < -0.4 is 5.73 Å². The van der Waals surface area contributed by atoms with E-state index in [1.807, 2.05) is 23.9 Å². The van der Waals surface area contributed by atoms with Crippen LogP contribution in [0.15, 0.2) is 46.9 Å². The highest BCUT2D eigenvalue weighted by atomic mass is 19.1. The van der Waals surface area contributed by atoms with E-state index in [0.717, 1.165) is 5.70 Å². The Hall–Kier alpha value is -2.69. The minimum atomic E-state index is -0.780. The molecule has 2 heterocycles. The van der Waals surface area contributed by atoms with Gasteiger partial charge in [0.1, 0.15) is 11.6 Å². The van der Waals surface area contributed by atoms with E-state index in [0.29, 0.717) is 50.3 Å². The number of nitrogens with zero attached hydrogens (tertiary/aromatic N) is 3. The van der Waals surface area contributed by atoms with Gasteiger partial charge in [-0.2, -0.15) is 5.26 Å². The fourth-order valence-electron chi connectivity index (χ4n) is 4.59. The van der Waals surface area contributed by atoms with Gasteiger partial charge in [-0.15, -0.1) is 0 Å². The van der Waals surface area contributed by atoms with Gasteiger partial charge in [0, 0.05) is 36.3 Å². The number of ether oxygens (including phenoxy) is 1. The van der Waals surface area contributed by atoms with Crippen molar-refractivity contribution in [1.82, 2.24) is 10.0 Å². The van der Waals surface area contributed by atoms with E-state index in [1.165, 1.54) is 6.07 Å². The van der Waals surface area contributed by atoms with Crippen molar-refractivity contribution in [2.45, 2.75) is 32.6 Å². The monoisotopic (exact) mass is 396 g/mol. The number of halogens is 1. The summed E-state index contributed by atoms with van der Waals surface area (Å²) < 4.78 is 20.2. The Balaban J connectivity index is 1.94. The van der Waals surface area contributed by atoms with Gasteiger partial charge in [0.2, 0.25) is 0 Å². The number of allylic oxidation sites excluding steroid dienone is 3. The number of hydrogen-bond acceptors (Lipinski definition) is 6. The van der Waals surface area contributed by atoms with Crippen LogP contribution in [-0.4, -0.2) is 42.1 Å². The number of Topliss-reactive ketones (excluding diaryl/α,β-unsaturated/α-hetero) is 1. The topological polar surface area (TPSA) is 82.6 Å². The van der Waals surface area contributed by atoms with Crippen molar-refractivity contribution in [2.75, 3.05) is 26.3 Å². The maximum atomic E-state index is 14.8. The van der Waals surface area contributed by atoms with Crippen molar-refractivity contribution in [2.24, 2.45) is 11.1 Å². The van der Waals surface area contributed by atoms with E-state index in [4.69, 9.17) is 10.5 Å². The van der Waals surface area contributed by atoms with E-state index >= 15 is 0 Å². The molecule has 4 rings (SSSR count). The van der Waals surface area contributed by atoms with Gasteiger partial charge in [0.15, 0.2) is 5.78 Å². The largest absolute Gasteiger partial charge is 0.383 e. The lowest BCUT2D eigenvalue weighted by Crippen LogP contribution is -2.53. The summed E-state index contributed by atoms with van der Waals surface area (Å²) in [6.45, 7) is 6.39. The van der Waals surface area contributed by atoms with Gasteiger partial charge in [-0.05, 0) is 17.9 Å². The molecule has 2 aliphatic heterocycles. The lowest BCUT2D eigenvalue weighted by molar-refractivity contribution is -0.119. The molecule has 0 saturated carbocycles. The predicted octanol–water partition coefficient (Wildman–Crippen LogP) is 2.81. The number of hydrazine groups is 1. The van der Waals surface area contributed by atoms with E-state index in [9.17, 15) is 14.4 Å². The number of morpholine rings is 1. The molecule has 3 aliphatic rings. The van der Waals surface area contributed by atoms with Crippen LogP contribution in [0.4, 0.5) is 4.39 Å². The first-order valence-electron chi connectivity index (χ1n) is 9.87. The Kier molecular flexibility index (Phi) is 4.93. The molecule has 0 spiro atoms. The zero-order valence-electron chi connectivity index (χ0n) is 16.7. The Labute approximate surface area is 170 Å². The van der Waals surface area contributed by atoms with Crippen LogP contribution in [0.5, 0.6) is 0 Å². The fraction of sp³-hybridized carbons (Fsp3) is 0.455. The lowest BCUT2D eigenvalue weighted by Gasteiger charge is -2.48. The molecule has 1 aliphatic carbocycles. The second kappa shape index (κ2) is 7.29. The van der Waals surface area contributed by atoms with Crippen molar-refractivity contribution in [1.29, 1.82) is 5.26 Å². The molecule has 1 aromatic rings. The molecule has 0 aromatic heterocycles. The van der Waals surface area contributed by atoms with Gasteiger partial charge in [0.25, 0.3) is 0 Å². The van der Waals surface area contributed by atoms with Crippen LogP contribution in [-0.2, 0) is 9.53 Å². The number of hydrogen-bond donors (Lipinski definition) is 1. The van der Waals surface area contributed by atoms with Gasteiger partial charge in [0.05, 0.1) is 30.8 Å². The Morgan fingerprint density at radius 1 is 1.24 bits per heavy atom. The molecular weight excluding hydrogens is 371 g/mol. The molecule has 7 heteroatoms. The van der Waals surface area contributed by atoms with E-state index in [2.05, 4.69) is 6.07 Å². The highest BCUT2D eigenvalue weighted by molar-refractivity contribution is 6.00. The molecule has 0 radical (unpaired) electrons. The Bertz CT molecular complexity index is 954. The van der Waals surface area contributed by atoms with Gasteiger partial charge in [-0.25, -0.2) is 9.40 Å². The van der Waals surface area contributed by atoms with Crippen LogP contribution in [0, 0.1) is 22.6 Å². The average molecular weight is 396 g/mol. The number of nitriles is 1. The van der Waals surface area contributed by atoms with E-state index in [1.54, 1.807) is 18.2 Å². The molecular formula is C22H25FN4O2. The summed E-state index contributed by atoms with van der Waals surface area (Å²) in [5, 5.41) is 13.8. The molecule has 1 saturated heterocycles. The highest BCUT2D eigenvalue weighted by Gasteiger charge is 2.46. The fourth-order valence-corrected chi connectivity index (χ4v) is 4.59. The van der Waals surface area contributed by atoms with Crippen LogP contribution in [0.3, 0.4) is 0 Å². The average Bonchev–Trinajstić information content (AvgIpc) is 2.67. The third-order valence-electron chi connectivity index (χ3n) is 5.84. The van der Waals surface area contributed by atoms with Crippen molar-refractivity contribution < 1.29 is 13.9 Å². The zero-order chi connectivity index (χ0) is 20.8. The van der Waals surface area contributed by atoms with E-state index in [-0.39, 0.29) is 22.6 Å². The molecule has 6 nitrogen and oxygen atoms in total. The summed E-state index contributed by atoms with van der Waals surface area (Å²) in [5.41, 5.74) is 8.07. The zero-order valence-corrected chi connectivity index (χ0v) is 16.7. The molecule has 1 atom stereocenters. The summed E-state index contributed by atoms with van der Waals surface area (Å²) in [5.74, 6) is -1.01. The lowest BCUT2D eigenvalue weighted by atomic mass is 9.69. The smallest absolute Gasteiger partial charge is 0.162 e. The number of rotatable bonds is 2. The Morgan fingerprint density at radius 2 is 1.93 bits per heavy atom. The van der Waals surface area contributed by atoms with Gasteiger partial charge < -0.3 is 10.5 Å². The number of carbonyl (C=O) groups is 1. The third-order valence-corrected chi connectivity index (χ3v) is 5.84. The maximum absolute atomic E-state index is 14.8. The second-order valence-corrected chi connectivity index (χ2v) is 8.54. The first-order valence-corrected chi connectivity index (χ1v) is 9.87. The molecule has 1 unspecified atom stereocenters.